The molecule has 0 unspecified atom stereocenters. The van der Waals surface area contributed by atoms with E-state index in [1.165, 1.54) is 11.3 Å². The van der Waals surface area contributed by atoms with E-state index in [-0.39, 0.29) is 0 Å². The van der Waals surface area contributed by atoms with Crippen molar-refractivity contribution in [2.45, 2.75) is 6.92 Å². The van der Waals surface area contributed by atoms with Crippen LogP contribution in [0.4, 0.5) is 0 Å². The Kier molecular flexibility index (Phi) is 3.63. The number of pyridine rings is 1. The van der Waals surface area contributed by atoms with Crippen molar-refractivity contribution < 1.29 is 4.74 Å². The fourth-order valence-corrected chi connectivity index (χ4v) is 4.16. The quantitative estimate of drug-likeness (QED) is 0.458. The van der Waals surface area contributed by atoms with Gasteiger partial charge in [-0.15, -0.1) is 10.2 Å². The Bertz CT molecular complexity index is 1300. The third-order valence-corrected chi connectivity index (χ3v) is 5.55. The smallest absolute Gasteiger partial charge is 0.235 e. The summed E-state index contributed by atoms with van der Waals surface area (Å²) in [5, 5.41) is 14.7. The van der Waals surface area contributed by atoms with Crippen LogP contribution in [0.5, 0.6) is 5.75 Å². The number of benzene rings is 1. The lowest BCUT2D eigenvalue weighted by Gasteiger charge is -2.03. The summed E-state index contributed by atoms with van der Waals surface area (Å²) in [4.78, 5) is 5.30. The average molecular weight is 397 g/mol. The minimum absolute atomic E-state index is 0.541. The predicted molar refractivity (Wildman–Crippen MR) is 105 cm³/mol. The van der Waals surface area contributed by atoms with Crippen LogP contribution < -0.4 is 4.74 Å². The molecule has 134 valence electrons. The first kappa shape index (κ1) is 16.2. The third-order valence-electron chi connectivity index (χ3n) is 4.31. The fraction of sp³-hybridized carbons (Fsp3) is 0.111. The molecule has 9 heteroatoms. The fourth-order valence-electron chi connectivity index (χ4n) is 3.06. The van der Waals surface area contributed by atoms with E-state index in [1.807, 2.05) is 53.9 Å². The van der Waals surface area contributed by atoms with Crippen LogP contribution in [-0.4, -0.2) is 36.3 Å². The van der Waals surface area contributed by atoms with Crippen LogP contribution in [0.15, 0.2) is 42.6 Å². The van der Waals surface area contributed by atoms with Crippen molar-refractivity contribution in [3.05, 3.63) is 53.3 Å². The number of ether oxygens (including phenoxy) is 1. The lowest BCUT2D eigenvalue weighted by molar-refractivity contribution is 0.415. The standard InChI is InChI=1S/C18H13ClN6OS/c1-10-15(24-8-4-3-5-14(24)20-10)16-21-22-18-25(16)23-17(27-18)11-6-7-13(26-2)12(19)9-11/h3-9H,1-2H3. The number of aryl methyl sites for hydroxylation is 1. The molecule has 5 rings (SSSR count). The maximum Gasteiger partial charge on any atom is 0.235 e. The Morgan fingerprint density at radius 2 is 2.04 bits per heavy atom. The number of nitrogens with zero attached hydrogens (tertiary/aromatic N) is 6. The predicted octanol–water partition coefficient (Wildman–Crippen LogP) is 4.14. The van der Waals surface area contributed by atoms with Crippen molar-refractivity contribution in [1.82, 2.24) is 29.2 Å². The first-order valence-corrected chi connectivity index (χ1v) is 9.35. The van der Waals surface area contributed by atoms with Crippen molar-refractivity contribution in [3.8, 4) is 27.8 Å². The van der Waals surface area contributed by atoms with Gasteiger partial charge in [-0.2, -0.15) is 9.61 Å². The van der Waals surface area contributed by atoms with Crippen molar-refractivity contribution in [3.63, 3.8) is 0 Å². The van der Waals surface area contributed by atoms with Gasteiger partial charge < -0.3 is 4.74 Å². The zero-order valence-electron chi connectivity index (χ0n) is 14.4. The summed E-state index contributed by atoms with van der Waals surface area (Å²) in [5.41, 5.74) is 3.51. The molecule has 0 radical (unpaired) electrons. The Balaban J connectivity index is 1.68. The van der Waals surface area contributed by atoms with Crippen molar-refractivity contribution >= 4 is 33.5 Å². The number of hydrogen-bond donors (Lipinski definition) is 0. The summed E-state index contributed by atoms with van der Waals surface area (Å²) >= 11 is 7.71. The average Bonchev–Trinajstić information content (AvgIpc) is 3.33. The Morgan fingerprint density at radius 3 is 2.85 bits per heavy atom. The molecule has 0 atom stereocenters. The molecule has 0 saturated carbocycles. The van der Waals surface area contributed by atoms with E-state index in [4.69, 9.17) is 21.4 Å². The SMILES string of the molecule is COc1ccc(-c2nn3c(-c4c(C)nc5ccccn45)nnc3s2)cc1Cl. The van der Waals surface area contributed by atoms with Gasteiger partial charge in [-0.1, -0.05) is 29.0 Å². The molecule has 0 spiro atoms. The molecule has 27 heavy (non-hydrogen) atoms. The molecule has 0 aliphatic carbocycles. The van der Waals surface area contributed by atoms with Gasteiger partial charge in [-0.25, -0.2) is 4.98 Å². The maximum absolute atomic E-state index is 6.26. The van der Waals surface area contributed by atoms with Gasteiger partial charge in [0.05, 0.1) is 17.8 Å². The molecule has 0 fully saturated rings. The first-order chi connectivity index (χ1) is 13.2. The molecule has 4 aromatic heterocycles. The van der Waals surface area contributed by atoms with Crippen LogP contribution in [0.25, 0.3) is 32.7 Å². The van der Waals surface area contributed by atoms with Gasteiger partial charge in [0.15, 0.2) is 0 Å². The van der Waals surface area contributed by atoms with Gasteiger partial charge >= 0.3 is 0 Å². The molecular formula is C18H13ClN6OS. The zero-order valence-corrected chi connectivity index (χ0v) is 16.0. The van der Waals surface area contributed by atoms with E-state index < -0.39 is 0 Å². The van der Waals surface area contributed by atoms with E-state index in [1.54, 1.807) is 11.6 Å². The summed E-state index contributed by atoms with van der Waals surface area (Å²) in [6.45, 7) is 1.96. The molecule has 0 saturated heterocycles. The minimum atomic E-state index is 0.541. The van der Waals surface area contributed by atoms with Gasteiger partial charge in [-0.05, 0) is 37.3 Å². The van der Waals surface area contributed by atoms with Crippen LogP contribution in [-0.2, 0) is 0 Å². The van der Waals surface area contributed by atoms with Crippen LogP contribution in [0.1, 0.15) is 5.69 Å². The van der Waals surface area contributed by atoms with E-state index in [9.17, 15) is 0 Å². The highest BCUT2D eigenvalue weighted by atomic mass is 35.5. The number of rotatable bonds is 3. The highest BCUT2D eigenvalue weighted by molar-refractivity contribution is 7.19. The number of halogens is 1. The number of aromatic nitrogens is 6. The number of imidazole rings is 1. The summed E-state index contributed by atoms with van der Waals surface area (Å²) in [5.74, 6) is 1.29. The molecule has 5 aromatic rings. The van der Waals surface area contributed by atoms with E-state index in [0.717, 1.165) is 27.6 Å². The second-order valence-corrected chi connectivity index (χ2v) is 7.31. The molecule has 0 bridgehead atoms. The molecule has 4 heterocycles. The van der Waals surface area contributed by atoms with Gasteiger partial charge in [-0.3, -0.25) is 4.40 Å². The Hall–Kier alpha value is -2.97. The summed E-state index contributed by atoms with van der Waals surface area (Å²) in [7, 11) is 1.59. The van der Waals surface area contributed by atoms with Gasteiger partial charge in [0, 0.05) is 11.8 Å². The van der Waals surface area contributed by atoms with Crippen LogP contribution >= 0.6 is 22.9 Å². The molecule has 7 nitrogen and oxygen atoms in total. The van der Waals surface area contributed by atoms with Gasteiger partial charge in [0.25, 0.3) is 0 Å². The van der Waals surface area contributed by atoms with Crippen molar-refractivity contribution in [1.29, 1.82) is 0 Å². The highest BCUT2D eigenvalue weighted by Gasteiger charge is 2.20. The van der Waals surface area contributed by atoms with Crippen molar-refractivity contribution in [2.75, 3.05) is 7.11 Å². The second kappa shape index (κ2) is 6.04. The second-order valence-electron chi connectivity index (χ2n) is 5.95. The first-order valence-electron chi connectivity index (χ1n) is 8.16. The van der Waals surface area contributed by atoms with Gasteiger partial charge in [0.2, 0.25) is 10.8 Å². The number of fused-ring (bicyclic) bond motifs is 2. The summed E-state index contributed by atoms with van der Waals surface area (Å²) < 4.78 is 8.96. The zero-order chi connectivity index (χ0) is 18.5. The molecule has 0 N–H and O–H groups in total. The van der Waals surface area contributed by atoms with Gasteiger partial charge in [0.1, 0.15) is 22.1 Å². The lowest BCUT2D eigenvalue weighted by atomic mass is 10.2. The molecule has 0 aliphatic heterocycles. The van der Waals surface area contributed by atoms with E-state index >= 15 is 0 Å². The normalized spacial score (nSPS) is 11.5. The maximum atomic E-state index is 6.26. The molecule has 0 amide bonds. The van der Waals surface area contributed by atoms with Crippen LogP contribution in [0, 0.1) is 6.92 Å². The van der Waals surface area contributed by atoms with Crippen LogP contribution in [0.3, 0.4) is 0 Å². The molecule has 1 aromatic carbocycles. The monoisotopic (exact) mass is 396 g/mol. The minimum Gasteiger partial charge on any atom is -0.495 e. The topological polar surface area (TPSA) is 69.6 Å². The summed E-state index contributed by atoms with van der Waals surface area (Å²) in [6, 6.07) is 11.5. The number of hydrogen-bond acceptors (Lipinski definition) is 6. The largest absolute Gasteiger partial charge is 0.495 e. The Morgan fingerprint density at radius 1 is 1.15 bits per heavy atom. The van der Waals surface area contributed by atoms with Crippen molar-refractivity contribution in [2.24, 2.45) is 0 Å². The Labute approximate surface area is 162 Å². The van der Waals surface area contributed by atoms with E-state index in [2.05, 4.69) is 15.2 Å². The molecular weight excluding hydrogens is 384 g/mol. The summed E-state index contributed by atoms with van der Waals surface area (Å²) in [6.07, 6.45) is 1.96. The third kappa shape index (κ3) is 2.48. The lowest BCUT2D eigenvalue weighted by Crippen LogP contribution is -1.96. The molecule has 0 aliphatic rings. The highest BCUT2D eigenvalue weighted by Crippen LogP contribution is 2.33. The number of methoxy groups -OCH3 is 1. The van der Waals surface area contributed by atoms with E-state index in [0.29, 0.717) is 21.6 Å². The van der Waals surface area contributed by atoms with Crippen LogP contribution in [0.2, 0.25) is 5.02 Å².